The number of fused-ring (bicyclic) bond motifs is 3. The summed E-state index contributed by atoms with van der Waals surface area (Å²) in [5, 5.41) is 8.96. The number of hydrogen-bond acceptors (Lipinski definition) is 2. The van der Waals surface area contributed by atoms with E-state index < -0.39 is 0 Å². The lowest BCUT2D eigenvalue weighted by Gasteiger charge is -2.41. The summed E-state index contributed by atoms with van der Waals surface area (Å²) in [4.78, 5) is 11.9. The second-order valence-electron chi connectivity index (χ2n) is 5.04. The third-order valence-electron chi connectivity index (χ3n) is 4.04. The van der Waals surface area contributed by atoms with E-state index in [0.29, 0.717) is 17.4 Å². The van der Waals surface area contributed by atoms with Crippen LogP contribution in [0.5, 0.6) is 0 Å². The molecule has 2 nitrogen and oxygen atoms in total. The number of carbonyl (C=O) groups excluding carboxylic acids is 1. The van der Waals surface area contributed by atoms with Crippen LogP contribution >= 0.6 is 0 Å². The van der Waals surface area contributed by atoms with Crippen LogP contribution in [0, 0.1) is 23.2 Å². The highest BCUT2D eigenvalue weighted by Gasteiger charge is 2.44. The molecule has 84 valence electrons. The van der Waals surface area contributed by atoms with Crippen molar-refractivity contribution in [1.82, 2.24) is 0 Å². The molecule has 3 rings (SSSR count). The van der Waals surface area contributed by atoms with Crippen LogP contribution in [0.4, 0.5) is 0 Å². The molecule has 0 bridgehead atoms. The molecule has 3 atom stereocenters. The molecule has 0 heterocycles. The molecule has 1 aromatic carbocycles. The van der Waals surface area contributed by atoms with Crippen LogP contribution in [0.3, 0.4) is 0 Å². The fourth-order valence-electron chi connectivity index (χ4n) is 3.09. The second-order valence-corrected chi connectivity index (χ2v) is 5.04. The van der Waals surface area contributed by atoms with Crippen molar-refractivity contribution in [3.8, 4) is 6.07 Å². The van der Waals surface area contributed by atoms with E-state index in [9.17, 15) is 4.79 Å². The van der Waals surface area contributed by atoms with Gasteiger partial charge < -0.3 is 0 Å². The Labute approximate surface area is 101 Å². The van der Waals surface area contributed by atoms with Crippen molar-refractivity contribution < 1.29 is 4.79 Å². The number of hydrogen-bond donors (Lipinski definition) is 0. The predicted molar refractivity (Wildman–Crippen MR) is 65.2 cm³/mol. The van der Waals surface area contributed by atoms with Gasteiger partial charge in [-0.25, -0.2) is 0 Å². The van der Waals surface area contributed by atoms with Crippen LogP contribution in [0.2, 0.25) is 0 Å². The summed E-state index contributed by atoms with van der Waals surface area (Å²) in [5.41, 5.74) is 2.95. The molecule has 2 aliphatic carbocycles. The lowest BCUT2D eigenvalue weighted by Crippen LogP contribution is -2.37. The first-order valence-corrected chi connectivity index (χ1v) is 5.96. The molecular formula is C15H13NO. The van der Waals surface area contributed by atoms with Crippen molar-refractivity contribution in [3.63, 3.8) is 0 Å². The van der Waals surface area contributed by atoms with E-state index in [1.165, 1.54) is 5.56 Å². The summed E-state index contributed by atoms with van der Waals surface area (Å²) in [6.07, 6.45) is 4.56. The van der Waals surface area contributed by atoms with Gasteiger partial charge in [-0.15, -0.1) is 0 Å². The Hall–Kier alpha value is -1.88. The van der Waals surface area contributed by atoms with E-state index in [1.807, 2.05) is 24.3 Å². The van der Waals surface area contributed by atoms with Crippen LogP contribution in [0.1, 0.15) is 36.0 Å². The van der Waals surface area contributed by atoms with E-state index in [1.54, 1.807) is 6.08 Å². The summed E-state index contributed by atoms with van der Waals surface area (Å²) in [6, 6.07) is 7.89. The normalized spacial score (nSPS) is 29.6. The number of ketones is 1. The molecule has 0 amide bonds. The zero-order valence-electron chi connectivity index (χ0n) is 9.68. The van der Waals surface area contributed by atoms with Crippen molar-refractivity contribution in [1.29, 1.82) is 5.26 Å². The summed E-state index contributed by atoms with van der Waals surface area (Å²) in [6.45, 7) is 2.18. The van der Waals surface area contributed by atoms with Crippen molar-refractivity contribution in [2.75, 3.05) is 0 Å². The fraction of sp³-hybridized carbons (Fsp3) is 0.333. The highest BCUT2D eigenvalue weighted by molar-refractivity contribution is 5.98. The Bertz CT molecular complexity index is 565. The molecule has 2 aliphatic rings. The molecule has 2 unspecified atom stereocenters. The van der Waals surface area contributed by atoms with Gasteiger partial charge in [-0.1, -0.05) is 19.1 Å². The number of benzene rings is 1. The summed E-state index contributed by atoms with van der Waals surface area (Å²) >= 11 is 0. The third kappa shape index (κ3) is 1.43. The maximum atomic E-state index is 11.9. The maximum absolute atomic E-state index is 11.9. The monoisotopic (exact) mass is 223 g/mol. The Balaban J connectivity index is 2.15. The van der Waals surface area contributed by atoms with Gasteiger partial charge in [-0.2, -0.15) is 5.26 Å². The highest BCUT2D eigenvalue weighted by atomic mass is 16.1. The molecule has 0 saturated heterocycles. The average molecular weight is 223 g/mol. The summed E-state index contributed by atoms with van der Waals surface area (Å²) < 4.78 is 0. The standard InChI is InChI=1S/C15H13NO/c1-9-6-13-14(17)5-4-11-3-2-10(8-16)7-12(11)15(9)13/h2-5,7,9,13,15H,6H2,1H3/t9?,13-,15?/m1/s1. The highest BCUT2D eigenvalue weighted by Crippen LogP contribution is 2.50. The number of carbonyl (C=O) groups is 1. The smallest absolute Gasteiger partial charge is 0.159 e. The molecule has 1 aromatic rings. The Kier molecular flexibility index (Phi) is 2.16. The zero-order chi connectivity index (χ0) is 12.0. The van der Waals surface area contributed by atoms with E-state index in [4.69, 9.17) is 5.26 Å². The van der Waals surface area contributed by atoms with Crippen LogP contribution < -0.4 is 0 Å². The molecule has 0 radical (unpaired) electrons. The summed E-state index contributed by atoms with van der Waals surface area (Å²) in [5.74, 6) is 1.22. The minimum Gasteiger partial charge on any atom is -0.295 e. The van der Waals surface area contributed by atoms with Gasteiger partial charge >= 0.3 is 0 Å². The first-order chi connectivity index (χ1) is 8.20. The molecule has 0 N–H and O–H groups in total. The van der Waals surface area contributed by atoms with Crippen LogP contribution in [-0.4, -0.2) is 5.78 Å². The Morgan fingerprint density at radius 1 is 1.35 bits per heavy atom. The second kappa shape index (κ2) is 3.56. The van der Waals surface area contributed by atoms with Crippen LogP contribution in [0.15, 0.2) is 24.3 Å². The molecule has 0 spiro atoms. The van der Waals surface area contributed by atoms with Gasteiger partial charge in [0.25, 0.3) is 0 Å². The topological polar surface area (TPSA) is 40.9 Å². The maximum Gasteiger partial charge on any atom is 0.159 e. The van der Waals surface area contributed by atoms with Gasteiger partial charge in [0.1, 0.15) is 0 Å². The largest absolute Gasteiger partial charge is 0.295 e. The van der Waals surface area contributed by atoms with Crippen molar-refractivity contribution in [2.45, 2.75) is 19.3 Å². The Morgan fingerprint density at radius 3 is 2.88 bits per heavy atom. The van der Waals surface area contributed by atoms with Gasteiger partial charge in [0.2, 0.25) is 0 Å². The lowest BCUT2D eigenvalue weighted by atomic mass is 9.61. The van der Waals surface area contributed by atoms with Crippen molar-refractivity contribution in [2.24, 2.45) is 11.8 Å². The fourth-order valence-corrected chi connectivity index (χ4v) is 3.09. The summed E-state index contributed by atoms with van der Waals surface area (Å²) in [7, 11) is 0. The van der Waals surface area contributed by atoms with E-state index in [-0.39, 0.29) is 11.7 Å². The average Bonchev–Trinajstić information content (AvgIpc) is 2.43. The SMILES string of the molecule is CC1C[C@@H]2C(=O)C=Cc3ccc(C#N)cc3C12. The van der Waals surface area contributed by atoms with Gasteiger partial charge in [-0.05, 0) is 47.6 Å². The lowest BCUT2D eigenvalue weighted by molar-refractivity contribution is -0.122. The van der Waals surface area contributed by atoms with Crippen LogP contribution in [-0.2, 0) is 4.79 Å². The number of rotatable bonds is 0. The first-order valence-electron chi connectivity index (χ1n) is 5.96. The van der Waals surface area contributed by atoms with Gasteiger partial charge in [0.05, 0.1) is 11.6 Å². The predicted octanol–water partition coefficient (Wildman–Crippen LogP) is 2.89. The van der Waals surface area contributed by atoms with E-state index in [0.717, 1.165) is 12.0 Å². The van der Waals surface area contributed by atoms with Crippen molar-refractivity contribution in [3.05, 3.63) is 41.0 Å². The number of nitriles is 1. The minimum atomic E-state index is 0.136. The van der Waals surface area contributed by atoms with Crippen LogP contribution in [0.25, 0.3) is 6.08 Å². The zero-order valence-corrected chi connectivity index (χ0v) is 9.68. The first kappa shape index (κ1) is 10.3. The molecule has 0 aliphatic heterocycles. The van der Waals surface area contributed by atoms with Gasteiger partial charge in [0.15, 0.2) is 5.78 Å². The molecule has 17 heavy (non-hydrogen) atoms. The molecular weight excluding hydrogens is 210 g/mol. The van der Waals surface area contributed by atoms with E-state index in [2.05, 4.69) is 13.0 Å². The molecule has 0 aromatic heterocycles. The van der Waals surface area contributed by atoms with E-state index >= 15 is 0 Å². The van der Waals surface area contributed by atoms with Gasteiger partial charge in [0, 0.05) is 5.92 Å². The van der Waals surface area contributed by atoms with Crippen molar-refractivity contribution >= 4 is 11.9 Å². The number of nitrogens with zero attached hydrogens (tertiary/aromatic N) is 1. The third-order valence-corrected chi connectivity index (χ3v) is 4.04. The Morgan fingerprint density at radius 2 is 2.18 bits per heavy atom. The molecule has 1 fully saturated rings. The molecule has 2 heteroatoms. The van der Waals surface area contributed by atoms with Gasteiger partial charge in [-0.3, -0.25) is 4.79 Å². The minimum absolute atomic E-state index is 0.136. The number of allylic oxidation sites excluding steroid dienone is 1. The quantitative estimate of drug-likeness (QED) is 0.678. The molecule has 1 saturated carbocycles.